The number of aryl methyl sites for hydroxylation is 1. The number of ether oxygens (including phenoxy) is 2. The molecule has 0 aromatic heterocycles. The molecular formula is C18H26N2O3. The fourth-order valence-electron chi connectivity index (χ4n) is 3.39. The summed E-state index contributed by atoms with van der Waals surface area (Å²) in [6.45, 7) is 8.07. The summed E-state index contributed by atoms with van der Waals surface area (Å²) in [4.78, 5) is 14.3. The summed E-state index contributed by atoms with van der Waals surface area (Å²) in [7, 11) is 0. The van der Waals surface area contributed by atoms with E-state index in [1.54, 1.807) is 0 Å². The second-order valence-electron chi connectivity index (χ2n) is 6.13. The normalized spacial score (nSPS) is 21.2. The number of nitrogens with one attached hydrogen (secondary N) is 1. The molecule has 5 nitrogen and oxygen atoms in total. The van der Waals surface area contributed by atoms with Crippen molar-refractivity contribution in [2.45, 2.75) is 25.8 Å². The second kappa shape index (κ2) is 7.90. The molecule has 0 amide bonds. The number of hydrogen-bond donors (Lipinski definition) is 1. The molecule has 0 radical (unpaired) electrons. The Labute approximate surface area is 137 Å². The van der Waals surface area contributed by atoms with E-state index >= 15 is 0 Å². The van der Waals surface area contributed by atoms with Crippen LogP contribution < -0.4 is 5.32 Å². The van der Waals surface area contributed by atoms with Crippen LogP contribution >= 0.6 is 0 Å². The third kappa shape index (κ3) is 4.10. The Bertz CT molecular complexity index is 541. The minimum Gasteiger partial charge on any atom is -0.462 e. The molecule has 1 fully saturated rings. The second-order valence-corrected chi connectivity index (χ2v) is 6.13. The number of carbonyl (C=O) groups is 1. The van der Waals surface area contributed by atoms with Crippen molar-refractivity contribution >= 4 is 5.97 Å². The van der Waals surface area contributed by atoms with Crippen molar-refractivity contribution in [2.24, 2.45) is 0 Å². The quantitative estimate of drug-likeness (QED) is 0.810. The van der Waals surface area contributed by atoms with Crippen LogP contribution in [0.1, 0.15) is 40.9 Å². The van der Waals surface area contributed by atoms with Crippen LogP contribution in [0.5, 0.6) is 0 Å². The number of benzene rings is 1. The Morgan fingerprint density at radius 3 is 3.00 bits per heavy atom. The highest BCUT2D eigenvalue weighted by Crippen LogP contribution is 2.31. The van der Waals surface area contributed by atoms with Gasteiger partial charge in [-0.15, -0.1) is 0 Å². The molecule has 1 aliphatic heterocycles. The fraction of sp³-hybridized carbons (Fsp3) is 0.611. The number of morpholine rings is 1. The molecule has 126 valence electrons. The van der Waals surface area contributed by atoms with Crippen molar-refractivity contribution in [3.05, 3.63) is 34.9 Å². The Kier molecular flexibility index (Phi) is 5.65. The van der Waals surface area contributed by atoms with Gasteiger partial charge in [0.15, 0.2) is 0 Å². The molecular weight excluding hydrogens is 292 g/mol. The first kappa shape index (κ1) is 16.4. The van der Waals surface area contributed by atoms with E-state index in [9.17, 15) is 4.79 Å². The van der Waals surface area contributed by atoms with Gasteiger partial charge in [0.05, 0.1) is 25.4 Å². The number of esters is 1. The van der Waals surface area contributed by atoms with Gasteiger partial charge >= 0.3 is 5.97 Å². The molecule has 0 bridgehead atoms. The topological polar surface area (TPSA) is 50.8 Å². The lowest BCUT2D eigenvalue weighted by Gasteiger charge is -2.27. The molecule has 0 unspecified atom stereocenters. The molecule has 23 heavy (non-hydrogen) atoms. The van der Waals surface area contributed by atoms with Gasteiger partial charge in [-0.25, -0.2) is 4.79 Å². The number of nitrogens with zero attached hydrogens (tertiary/aromatic N) is 1. The number of rotatable bonds is 6. The lowest BCUT2D eigenvalue weighted by molar-refractivity contribution is 0.0381. The number of fused-ring (bicyclic) bond motifs is 1. The van der Waals surface area contributed by atoms with Crippen molar-refractivity contribution in [1.82, 2.24) is 10.2 Å². The molecule has 1 aromatic rings. The van der Waals surface area contributed by atoms with Crippen LogP contribution in [-0.4, -0.2) is 56.9 Å². The SMILES string of the molecule is CCOC(=O)c1ccc2c(c1)CC[C@H]2NCCN1CCOCC1. The van der Waals surface area contributed by atoms with Crippen LogP contribution in [0.3, 0.4) is 0 Å². The van der Waals surface area contributed by atoms with E-state index in [1.807, 2.05) is 19.1 Å². The summed E-state index contributed by atoms with van der Waals surface area (Å²) in [6.07, 6.45) is 2.13. The van der Waals surface area contributed by atoms with Crippen LogP contribution in [0.25, 0.3) is 0 Å². The van der Waals surface area contributed by atoms with Gasteiger partial charge in [0.1, 0.15) is 0 Å². The van der Waals surface area contributed by atoms with E-state index in [4.69, 9.17) is 9.47 Å². The maximum atomic E-state index is 11.8. The van der Waals surface area contributed by atoms with E-state index < -0.39 is 0 Å². The van der Waals surface area contributed by atoms with E-state index in [1.165, 1.54) is 11.1 Å². The van der Waals surface area contributed by atoms with Gasteiger partial charge in [-0.2, -0.15) is 0 Å². The zero-order chi connectivity index (χ0) is 16.1. The van der Waals surface area contributed by atoms with Gasteiger partial charge in [-0.1, -0.05) is 6.07 Å². The fourth-order valence-corrected chi connectivity index (χ4v) is 3.39. The Morgan fingerprint density at radius 1 is 1.39 bits per heavy atom. The molecule has 1 N–H and O–H groups in total. The highest BCUT2D eigenvalue weighted by molar-refractivity contribution is 5.89. The molecule has 0 saturated carbocycles. The van der Waals surface area contributed by atoms with Crippen LogP contribution in [0.2, 0.25) is 0 Å². The summed E-state index contributed by atoms with van der Waals surface area (Å²) in [5, 5.41) is 3.66. The maximum absolute atomic E-state index is 11.8. The van der Waals surface area contributed by atoms with Crippen LogP contribution in [0.15, 0.2) is 18.2 Å². The van der Waals surface area contributed by atoms with Gasteiger partial charge in [0, 0.05) is 32.2 Å². The minimum atomic E-state index is -0.223. The van der Waals surface area contributed by atoms with E-state index in [2.05, 4.69) is 16.3 Å². The Hall–Kier alpha value is -1.43. The maximum Gasteiger partial charge on any atom is 0.338 e. The third-order valence-corrected chi connectivity index (χ3v) is 4.65. The predicted molar refractivity (Wildman–Crippen MR) is 88.7 cm³/mol. The molecule has 1 heterocycles. The molecule has 0 spiro atoms. The molecule has 1 aromatic carbocycles. The summed E-state index contributed by atoms with van der Waals surface area (Å²) >= 11 is 0. The van der Waals surface area contributed by atoms with Gasteiger partial charge in [0.2, 0.25) is 0 Å². The Morgan fingerprint density at radius 2 is 2.22 bits per heavy atom. The molecule has 1 saturated heterocycles. The predicted octanol–water partition coefficient (Wildman–Crippen LogP) is 1.77. The van der Waals surface area contributed by atoms with Gasteiger partial charge < -0.3 is 14.8 Å². The minimum absolute atomic E-state index is 0.223. The van der Waals surface area contributed by atoms with Crippen molar-refractivity contribution < 1.29 is 14.3 Å². The van der Waals surface area contributed by atoms with Gasteiger partial charge in [0.25, 0.3) is 0 Å². The Balaban J connectivity index is 1.53. The summed E-state index contributed by atoms with van der Waals surface area (Å²) in [5.41, 5.74) is 3.28. The molecule has 1 aliphatic carbocycles. The van der Waals surface area contributed by atoms with E-state index in [0.717, 1.165) is 52.2 Å². The highest BCUT2D eigenvalue weighted by Gasteiger charge is 2.23. The number of hydrogen-bond acceptors (Lipinski definition) is 5. The smallest absolute Gasteiger partial charge is 0.338 e. The first-order valence-corrected chi connectivity index (χ1v) is 8.61. The summed E-state index contributed by atoms with van der Waals surface area (Å²) < 4.78 is 10.5. The zero-order valence-electron chi connectivity index (χ0n) is 13.8. The third-order valence-electron chi connectivity index (χ3n) is 4.65. The van der Waals surface area contributed by atoms with Crippen LogP contribution in [0, 0.1) is 0 Å². The van der Waals surface area contributed by atoms with Crippen molar-refractivity contribution in [3.8, 4) is 0 Å². The van der Waals surface area contributed by atoms with Crippen LogP contribution in [0.4, 0.5) is 0 Å². The average Bonchev–Trinajstić information content (AvgIpc) is 2.98. The zero-order valence-corrected chi connectivity index (χ0v) is 13.8. The van der Waals surface area contributed by atoms with Crippen molar-refractivity contribution in [3.63, 3.8) is 0 Å². The first-order valence-electron chi connectivity index (χ1n) is 8.61. The average molecular weight is 318 g/mol. The van der Waals surface area contributed by atoms with Crippen molar-refractivity contribution in [1.29, 1.82) is 0 Å². The monoisotopic (exact) mass is 318 g/mol. The standard InChI is InChI=1S/C18H26N2O3/c1-2-23-18(21)15-3-5-16-14(13-15)4-6-17(16)19-7-8-20-9-11-22-12-10-20/h3,5,13,17,19H,2,4,6-12H2,1H3/t17-/m1/s1. The lowest BCUT2D eigenvalue weighted by Crippen LogP contribution is -2.40. The summed E-state index contributed by atoms with van der Waals surface area (Å²) in [6, 6.07) is 6.37. The molecule has 2 aliphatic rings. The largest absolute Gasteiger partial charge is 0.462 e. The first-order chi connectivity index (χ1) is 11.3. The van der Waals surface area contributed by atoms with Gasteiger partial charge in [-0.05, 0) is 43.0 Å². The summed E-state index contributed by atoms with van der Waals surface area (Å²) in [5.74, 6) is -0.223. The van der Waals surface area contributed by atoms with Gasteiger partial charge in [-0.3, -0.25) is 4.90 Å². The molecule has 1 atom stereocenters. The molecule has 5 heteroatoms. The van der Waals surface area contributed by atoms with Crippen LogP contribution in [-0.2, 0) is 15.9 Å². The number of carbonyl (C=O) groups excluding carboxylic acids is 1. The van der Waals surface area contributed by atoms with E-state index in [-0.39, 0.29) is 5.97 Å². The highest BCUT2D eigenvalue weighted by atomic mass is 16.5. The lowest BCUT2D eigenvalue weighted by atomic mass is 10.0. The molecule has 3 rings (SSSR count). The van der Waals surface area contributed by atoms with E-state index in [0.29, 0.717) is 18.2 Å². The van der Waals surface area contributed by atoms with Crippen molar-refractivity contribution in [2.75, 3.05) is 46.0 Å².